The lowest BCUT2D eigenvalue weighted by molar-refractivity contribution is -0.127. The van der Waals surface area contributed by atoms with Crippen molar-refractivity contribution in [3.05, 3.63) is 35.9 Å². The zero-order valence-corrected chi connectivity index (χ0v) is 23.0. The Bertz CT molecular complexity index is 672. The zero-order chi connectivity index (χ0) is 22.6. The number of amides is 1. The number of halogens is 1. The van der Waals surface area contributed by atoms with Crippen LogP contribution in [0.5, 0.6) is 0 Å². The molecule has 182 valence electrons. The SMILES string of the molecule is CCNC(=NCC1CC(=O)N(CCc2ccccc2)C1)NCCCN(C(C)C)C(C)C.I. The second kappa shape index (κ2) is 15.5. The number of hydrogen-bond acceptors (Lipinski definition) is 3. The van der Waals surface area contributed by atoms with Crippen molar-refractivity contribution in [1.82, 2.24) is 20.4 Å². The molecule has 1 aromatic carbocycles. The maximum atomic E-state index is 12.4. The summed E-state index contributed by atoms with van der Waals surface area (Å²) in [5, 5.41) is 6.80. The number of nitrogens with zero attached hydrogens (tertiary/aromatic N) is 3. The third-order valence-electron chi connectivity index (χ3n) is 5.87. The van der Waals surface area contributed by atoms with Crippen LogP contribution in [0.4, 0.5) is 0 Å². The lowest BCUT2D eigenvalue weighted by atomic mass is 10.1. The van der Waals surface area contributed by atoms with Gasteiger partial charge in [0, 0.05) is 63.7 Å². The summed E-state index contributed by atoms with van der Waals surface area (Å²) < 4.78 is 0. The Labute approximate surface area is 212 Å². The number of benzene rings is 1. The molecule has 1 fully saturated rings. The fourth-order valence-electron chi connectivity index (χ4n) is 4.24. The first-order chi connectivity index (χ1) is 14.9. The minimum Gasteiger partial charge on any atom is -0.357 e. The van der Waals surface area contributed by atoms with Gasteiger partial charge in [-0.15, -0.1) is 24.0 Å². The highest BCUT2D eigenvalue weighted by atomic mass is 127. The first kappa shape index (κ1) is 28.7. The van der Waals surface area contributed by atoms with Gasteiger partial charge in [-0.05, 0) is 53.0 Å². The van der Waals surface area contributed by atoms with Crippen LogP contribution >= 0.6 is 24.0 Å². The van der Waals surface area contributed by atoms with Crippen molar-refractivity contribution in [2.24, 2.45) is 10.9 Å². The van der Waals surface area contributed by atoms with E-state index in [2.05, 4.69) is 74.4 Å². The smallest absolute Gasteiger partial charge is 0.223 e. The molecule has 1 amide bonds. The Balaban J connectivity index is 0.00000512. The third-order valence-corrected chi connectivity index (χ3v) is 5.87. The number of guanidine groups is 1. The molecule has 2 rings (SSSR count). The van der Waals surface area contributed by atoms with Crippen LogP contribution in [0.25, 0.3) is 0 Å². The van der Waals surface area contributed by atoms with Crippen molar-refractivity contribution < 1.29 is 4.79 Å². The molecule has 1 atom stereocenters. The van der Waals surface area contributed by atoms with Crippen molar-refractivity contribution in [3.63, 3.8) is 0 Å². The van der Waals surface area contributed by atoms with Gasteiger partial charge >= 0.3 is 0 Å². The number of carbonyl (C=O) groups excluding carboxylic acids is 1. The predicted molar refractivity (Wildman–Crippen MR) is 146 cm³/mol. The summed E-state index contributed by atoms with van der Waals surface area (Å²) in [6, 6.07) is 11.5. The summed E-state index contributed by atoms with van der Waals surface area (Å²) in [6.45, 7) is 16.2. The molecule has 0 aliphatic carbocycles. The van der Waals surface area contributed by atoms with E-state index in [4.69, 9.17) is 4.99 Å². The van der Waals surface area contributed by atoms with Crippen LogP contribution in [-0.4, -0.2) is 73.0 Å². The minimum atomic E-state index is 0. The number of carbonyl (C=O) groups is 1. The number of likely N-dealkylation sites (tertiary alicyclic amines) is 1. The maximum absolute atomic E-state index is 12.4. The van der Waals surface area contributed by atoms with Gasteiger partial charge in [0.05, 0.1) is 0 Å². The van der Waals surface area contributed by atoms with Gasteiger partial charge in [0.15, 0.2) is 5.96 Å². The summed E-state index contributed by atoms with van der Waals surface area (Å²) in [5.74, 6) is 1.42. The highest BCUT2D eigenvalue weighted by Crippen LogP contribution is 2.18. The summed E-state index contributed by atoms with van der Waals surface area (Å²) >= 11 is 0. The van der Waals surface area contributed by atoms with Crippen LogP contribution in [0.3, 0.4) is 0 Å². The normalized spacial score (nSPS) is 16.8. The van der Waals surface area contributed by atoms with Crippen molar-refractivity contribution in [3.8, 4) is 0 Å². The van der Waals surface area contributed by atoms with Crippen LogP contribution in [0.2, 0.25) is 0 Å². The van der Waals surface area contributed by atoms with Crippen molar-refractivity contribution in [2.75, 3.05) is 39.3 Å². The Morgan fingerprint density at radius 2 is 1.84 bits per heavy atom. The highest BCUT2D eigenvalue weighted by Gasteiger charge is 2.29. The number of hydrogen-bond donors (Lipinski definition) is 2. The summed E-state index contributed by atoms with van der Waals surface area (Å²) in [7, 11) is 0. The van der Waals surface area contributed by atoms with Crippen LogP contribution in [0, 0.1) is 5.92 Å². The van der Waals surface area contributed by atoms with Crippen LogP contribution in [-0.2, 0) is 11.2 Å². The average molecular weight is 558 g/mol. The van der Waals surface area contributed by atoms with E-state index in [9.17, 15) is 4.79 Å². The van der Waals surface area contributed by atoms with E-state index in [1.54, 1.807) is 0 Å². The molecule has 7 heteroatoms. The Kier molecular flexibility index (Phi) is 13.9. The van der Waals surface area contributed by atoms with Crippen LogP contribution in [0.1, 0.15) is 53.0 Å². The Hall–Kier alpha value is -1.35. The van der Waals surface area contributed by atoms with E-state index >= 15 is 0 Å². The zero-order valence-electron chi connectivity index (χ0n) is 20.6. The monoisotopic (exact) mass is 557 g/mol. The molecular weight excluding hydrogens is 513 g/mol. The number of nitrogens with one attached hydrogen (secondary N) is 2. The minimum absolute atomic E-state index is 0. The standard InChI is InChI=1S/C25H43N5O.HI/c1-6-26-25(27-14-10-15-30(20(2)3)21(4)5)28-18-23-17-24(31)29(19-23)16-13-22-11-8-7-9-12-22;/h7-9,11-12,20-21,23H,6,10,13-19H2,1-5H3,(H2,26,27,28);1H. The Morgan fingerprint density at radius 3 is 2.47 bits per heavy atom. The molecule has 0 bridgehead atoms. The van der Waals surface area contributed by atoms with Crippen LogP contribution < -0.4 is 10.6 Å². The maximum Gasteiger partial charge on any atom is 0.223 e. The summed E-state index contributed by atoms with van der Waals surface area (Å²) in [6.07, 6.45) is 2.60. The van der Waals surface area contributed by atoms with E-state index < -0.39 is 0 Å². The first-order valence-electron chi connectivity index (χ1n) is 12.0. The molecule has 32 heavy (non-hydrogen) atoms. The van der Waals surface area contributed by atoms with E-state index in [1.165, 1.54) is 5.56 Å². The summed E-state index contributed by atoms with van der Waals surface area (Å²) in [4.78, 5) is 21.7. The Morgan fingerprint density at radius 1 is 1.16 bits per heavy atom. The van der Waals surface area contributed by atoms with Gasteiger partial charge in [0.2, 0.25) is 5.91 Å². The molecule has 6 nitrogen and oxygen atoms in total. The van der Waals surface area contributed by atoms with Gasteiger partial charge in [-0.25, -0.2) is 0 Å². The lowest BCUT2D eigenvalue weighted by Gasteiger charge is -2.30. The fourth-order valence-corrected chi connectivity index (χ4v) is 4.24. The molecule has 1 unspecified atom stereocenters. The fraction of sp³-hybridized carbons (Fsp3) is 0.680. The molecule has 1 saturated heterocycles. The molecule has 1 aliphatic rings. The van der Waals surface area contributed by atoms with E-state index in [1.807, 2.05) is 11.0 Å². The molecule has 0 aromatic heterocycles. The second-order valence-electron chi connectivity index (χ2n) is 9.07. The van der Waals surface area contributed by atoms with Gasteiger partial charge < -0.3 is 15.5 Å². The number of aliphatic imine (C=N–C) groups is 1. The number of rotatable bonds is 12. The first-order valence-corrected chi connectivity index (χ1v) is 12.0. The summed E-state index contributed by atoms with van der Waals surface area (Å²) in [5.41, 5.74) is 1.28. The van der Waals surface area contributed by atoms with Gasteiger partial charge in [0.25, 0.3) is 0 Å². The van der Waals surface area contributed by atoms with Gasteiger partial charge in [-0.3, -0.25) is 14.7 Å². The molecule has 1 heterocycles. The molecule has 1 aromatic rings. The van der Waals surface area contributed by atoms with Crippen LogP contribution in [0.15, 0.2) is 35.3 Å². The molecule has 1 aliphatic heterocycles. The van der Waals surface area contributed by atoms with Crippen molar-refractivity contribution in [1.29, 1.82) is 0 Å². The van der Waals surface area contributed by atoms with Crippen molar-refractivity contribution >= 4 is 35.8 Å². The van der Waals surface area contributed by atoms with E-state index in [0.717, 1.165) is 51.5 Å². The largest absolute Gasteiger partial charge is 0.357 e. The quantitative estimate of drug-likeness (QED) is 0.178. The molecular formula is C25H44IN5O. The van der Waals surface area contributed by atoms with E-state index in [-0.39, 0.29) is 29.9 Å². The topological polar surface area (TPSA) is 60.0 Å². The average Bonchev–Trinajstić information content (AvgIpc) is 3.09. The molecule has 0 radical (unpaired) electrons. The molecule has 0 saturated carbocycles. The molecule has 2 N–H and O–H groups in total. The third kappa shape index (κ3) is 10.1. The second-order valence-corrected chi connectivity index (χ2v) is 9.07. The highest BCUT2D eigenvalue weighted by molar-refractivity contribution is 14.0. The molecule has 0 spiro atoms. The van der Waals surface area contributed by atoms with Gasteiger partial charge in [0.1, 0.15) is 0 Å². The van der Waals surface area contributed by atoms with E-state index in [0.29, 0.717) is 31.0 Å². The lowest BCUT2D eigenvalue weighted by Crippen LogP contribution is -2.41. The predicted octanol–water partition coefficient (Wildman–Crippen LogP) is 3.76. The van der Waals surface area contributed by atoms with Gasteiger partial charge in [-0.1, -0.05) is 30.3 Å². The van der Waals surface area contributed by atoms with Gasteiger partial charge in [-0.2, -0.15) is 0 Å². The van der Waals surface area contributed by atoms with Crippen molar-refractivity contribution in [2.45, 2.75) is 66.0 Å².